The van der Waals surface area contributed by atoms with Gasteiger partial charge in [-0.05, 0) is 22.0 Å². The van der Waals surface area contributed by atoms with Gasteiger partial charge in [0, 0.05) is 17.7 Å². The van der Waals surface area contributed by atoms with E-state index in [1.165, 1.54) is 4.57 Å². The minimum atomic E-state index is -0.143. The normalized spacial score (nSPS) is 10.8. The van der Waals surface area contributed by atoms with Crippen molar-refractivity contribution in [3.8, 4) is 0 Å². The zero-order chi connectivity index (χ0) is 8.72. The van der Waals surface area contributed by atoms with Gasteiger partial charge in [0.05, 0.1) is 5.52 Å². The standard InChI is InChI=1S/C7H6BrN3O/c1-11-5-2-4(8)3-9-6(5)10-7(11)12/h2-3H,1H3,(H,9,10,12). The van der Waals surface area contributed by atoms with E-state index in [4.69, 9.17) is 0 Å². The molecule has 0 fully saturated rings. The van der Waals surface area contributed by atoms with E-state index in [0.717, 1.165) is 9.99 Å². The number of nitrogens with zero attached hydrogens (tertiary/aromatic N) is 2. The third kappa shape index (κ3) is 0.972. The van der Waals surface area contributed by atoms with Crippen LogP contribution < -0.4 is 5.69 Å². The second-order valence-corrected chi connectivity index (χ2v) is 3.43. The molecule has 0 aromatic carbocycles. The molecular weight excluding hydrogens is 222 g/mol. The van der Waals surface area contributed by atoms with Gasteiger partial charge in [-0.25, -0.2) is 9.78 Å². The first-order valence-electron chi connectivity index (χ1n) is 3.39. The van der Waals surface area contributed by atoms with E-state index >= 15 is 0 Å². The highest BCUT2D eigenvalue weighted by Crippen LogP contribution is 2.13. The molecule has 0 saturated heterocycles. The molecule has 2 rings (SSSR count). The van der Waals surface area contributed by atoms with Gasteiger partial charge in [-0.15, -0.1) is 0 Å². The summed E-state index contributed by atoms with van der Waals surface area (Å²) in [6.45, 7) is 0. The van der Waals surface area contributed by atoms with Gasteiger partial charge >= 0.3 is 5.69 Å². The maximum Gasteiger partial charge on any atom is 0.327 e. The third-order valence-corrected chi connectivity index (χ3v) is 2.16. The molecule has 4 nitrogen and oxygen atoms in total. The van der Waals surface area contributed by atoms with E-state index in [9.17, 15) is 4.79 Å². The fraction of sp³-hybridized carbons (Fsp3) is 0.143. The molecule has 0 bridgehead atoms. The molecule has 1 N–H and O–H groups in total. The van der Waals surface area contributed by atoms with Crippen molar-refractivity contribution < 1.29 is 0 Å². The molecule has 2 aromatic heterocycles. The number of rotatable bonds is 0. The van der Waals surface area contributed by atoms with Crippen LogP contribution in [0.3, 0.4) is 0 Å². The highest BCUT2D eigenvalue weighted by Gasteiger charge is 2.03. The van der Waals surface area contributed by atoms with Gasteiger partial charge < -0.3 is 0 Å². The predicted molar refractivity (Wildman–Crippen MR) is 49.0 cm³/mol. The lowest BCUT2D eigenvalue weighted by molar-refractivity contribution is 0.891. The molecule has 0 atom stereocenters. The minimum Gasteiger partial charge on any atom is -0.294 e. The Morgan fingerprint density at radius 3 is 3.17 bits per heavy atom. The Labute approximate surface area is 76.4 Å². The van der Waals surface area contributed by atoms with Crippen molar-refractivity contribution >= 4 is 27.1 Å². The van der Waals surface area contributed by atoms with Crippen LogP contribution in [-0.2, 0) is 7.05 Å². The number of aryl methyl sites for hydroxylation is 1. The second kappa shape index (κ2) is 2.45. The second-order valence-electron chi connectivity index (χ2n) is 2.51. The molecule has 0 spiro atoms. The van der Waals surface area contributed by atoms with Crippen LogP contribution in [0, 0.1) is 0 Å². The minimum absolute atomic E-state index is 0.143. The fourth-order valence-electron chi connectivity index (χ4n) is 1.08. The van der Waals surface area contributed by atoms with Gasteiger partial charge in [0.15, 0.2) is 5.65 Å². The lowest BCUT2D eigenvalue weighted by atomic mass is 10.4. The molecule has 12 heavy (non-hydrogen) atoms. The Morgan fingerprint density at radius 1 is 1.67 bits per heavy atom. The summed E-state index contributed by atoms with van der Waals surface area (Å²) in [5.74, 6) is 0. The number of hydrogen-bond acceptors (Lipinski definition) is 2. The largest absolute Gasteiger partial charge is 0.327 e. The summed E-state index contributed by atoms with van der Waals surface area (Å²) in [4.78, 5) is 17.8. The molecule has 0 aliphatic carbocycles. The number of halogens is 1. The SMILES string of the molecule is Cn1c(=O)[nH]c2ncc(Br)cc21. The average molecular weight is 228 g/mol. The smallest absolute Gasteiger partial charge is 0.294 e. The first kappa shape index (κ1) is 7.54. The highest BCUT2D eigenvalue weighted by molar-refractivity contribution is 9.10. The molecule has 0 aliphatic heterocycles. The van der Waals surface area contributed by atoms with Crippen LogP contribution >= 0.6 is 15.9 Å². The van der Waals surface area contributed by atoms with E-state index < -0.39 is 0 Å². The maximum atomic E-state index is 11.1. The van der Waals surface area contributed by atoms with Gasteiger partial charge in [-0.2, -0.15) is 0 Å². The van der Waals surface area contributed by atoms with Crippen LogP contribution in [0.4, 0.5) is 0 Å². The van der Waals surface area contributed by atoms with E-state index in [1.54, 1.807) is 13.2 Å². The molecule has 0 amide bonds. The number of pyridine rings is 1. The summed E-state index contributed by atoms with van der Waals surface area (Å²) in [5.41, 5.74) is 1.27. The lowest BCUT2D eigenvalue weighted by Gasteiger charge is -1.92. The lowest BCUT2D eigenvalue weighted by Crippen LogP contribution is -2.11. The van der Waals surface area contributed by atoms with E-state index in [1.807, 2.05) is 6.07 Å². The molecule has 2 aromatic rings. The van der Waals surface area contributed by atoms with Gasteiger partial charge in [0.25, 0.3) is 0 Å². The Morgan fingerprint density at radius 2 is 2.42 bits per heavy atom. The van der Waals surface area contributed by atoms with Gasteiger partial charge in [0.1, 0.15) is 0 Å². The van der Waals surface area contributed by atoms with Crippen molar-refractivity contribution in [1.29, 1.82) is 0 Å². The average Bonchev–Trinajstić information content (AvgIpc) is 2.31. The quantitative estimate of drug-likeness (QED) is 0.731. The predicted octanol–water partition coefficient (Wildman–Crippen LogP) is 1.02. The van der Waals surface area contributed by atoms with Crippen molar-refractivity contribution in [2.75, 3.05) is 0 Å². The van der Waals surface area contributed by atoms with Crippen molar-refractivity contribution in [3.05, 3.63) is 27.2 Å². The van der Waals surface area contributed by atoms with Crippen LogP contribution in [0.25, 0.3) is 11.2 Å². The van der Waals surface area contributed by atoms with Crippen molar-refractivity contribution in [3.63, 3.8) is 0 Å². The number of fused-ring (bicyclic) bond motifs is 1. The summed E-state index contributed by atoms with van der Waals surface area (Å²) in [6, 6.07) is 1.85. The zero-order valence-electron chi connectivity index (χ0n) is 6.34. The van der Waals surface area contributed by atoms with Crippen molar-refractivity contribution in [2.24, 2.45) is 7.05 Å². The number of hydrogen-bond donors (Lipinski definition) is 1. The molecule has 2 heterocycles. The summed E-state index contributed by atoms with van der Waals surface area (Å²) in [5, 5.41) is 0. The molecule has 5 heteroatoms. The molecule has 0 aliphatic rings. The van der Waals surface area contributed by atoms with Crippen molar-refractivity contribution in [2.45, 2.75) is 0 Å². The number of imidazole rings is 1. The van der Waals surface area contributed by atoms with Crippen molar-refractivity contribution in [1.82, 2.24) is 14.5 Å². The topological polar surface area (TPSA) is 50.7 Å². The van der Waals surface area contributed by atoms with E-state index in [0.29, 0.717) is 5.65 Å². The molecule has 62 valence electrons. The molecular formula is C7H6BrN3O. The fourth-order valence-corrected chi connectivity index (χ4v) is 1.39. The van der Waals surface area contributed by atoms with Crippen LogP contribution in [0.1, 0.15) is 0 Å². The first-order valence-corrected chi connectivity index (χ1v) is 4.18. The Hall–Kier alpha value is -1.10. The number of H-pyrrole nitrogens is 1. The number of nitrogens with one attached hydrogen (secondary N) is 1. The highest BCUT2D eigenvalue weighted by atomic mass is 79.9. The molecule has 0 radical (unpaired) electrons. The zero-order valence-corrected chi connectivity index (χ0v) is 7.92. The summed E-state index contributed by atoms with van der Waals surface area (Å²) >= 11 is 3.28. The third-order valence-electron chi connectivity index (χ3n) is 1.73. The summed E-state index contributed by atoms with van der Waals surface area (Å²) in [6.07, 6.45) is 1.65. The Bertz CT molecular complexity index is 485. The van der Waals surface area contributed by atoms with Gasteiger partial charge in [0.2, 0.25) is 0 Å². The monoisotopic (exact) mass is 227 g/mol. The van der Waals surface area contributed by atoms with Crippen LogP contribution in [-0.4, -0.2) is 14.5 Å². The Kier molecular flexibility index (Phi) is 1.54. The molecule has 0 saturated carbocycles. The van der Waals surface area contributed by atoms with Crippen LogP contribution in [0.5, 0.6) is 0 Å². The Balaban J connectivity index is 2.98. The van der Waals surface area contributed by atoms with Gasteiger partial charge in [-0.1, -0.05) is 0 Å². The van der Waals surface area contributed by atoms with E-state index in [-0.39, 0.29) is 5.69 Å². The van der Waals surface area contributed by atoms with E-state index in [2.05, 4.69) is 25.9 Å². The number of aromatic nitrogens is 3. The van der Waals surface area contributed by atoms with Gasteiger partial charge in [-0.3, -0.25) is 9.55 Å². The first-order chi connectivity index (χ1) is 5.68. The van der Waals surface area contributed by atoms with Crippen LogP contribution in [0.2, 0.25) is 0 Å². The maximum absolute atomic E-state index is 11.1. The number of aromatic amines is 1. The van der Waals surface area contributed by atoms with Crippen LogP contribution in [0.15, 0.2) is 21.5 Å². The summed E-state index contributed by atoms with van der Waals surface area (Å²) in [7, 11) is 1.70. The summed E-state index contributed by atoms with van der Waals surface area (Å²) < 4.78 is 2.39. The molecule has 0 unspecified atom stereocenters.